The SMILES string of the molecule is CC(C)(C)CNCC(CNC(=O)c1nccc(Sc2cnc(Nc3ccccn3)s2)c1F)(c1ccccc1)c1ccccc1. The molecule has 226 valence electrons. The topological polar surface area (TPSA) is 91.8 Å². The van der Waals surface area contributed by atoms with Gasteiger partial charge in [0, 0.05) is 37.4 Å². The molecule has 5 aromatic rings. The maximum absolute atomic E-state index is 15.8. The second kappa shape index (κ2) is 14.1. The molecular formula is C34H35FN6OS2. The Labute approximate surface area is 265 Å². The first-order chi connectivity index (χ1) is 21.2. The minimum Gasteiger partial charge on any atom is -0.349 e. The van der Waals surface area contributed by atoms with Gasteiger partial charge < -0.3 is 16.0 Å². The third kappa shape index (κ3) is 7.88. The molecule has 0 unspecified atom stereocenters. The molecule has 0 spiro atoms. The number of amides is 1. The summed E-state index contributed by atoms with van der Waals surface area (Å²) in [5.41, 5.74) is 1.31. The molecule has 0 saturated heterocycles. The highest BCUT2D eigenvalue weighted by molar-refractivity contribution is 8.01. The maximum atomic E-state index is 15.8. The number of thiazole rings is 1. The Hall–Kier alpha value is -4.12. The standard InChI is InChI=1S/C34H35FN6OS2/c1-33(2,3)21-36-22-34(24-12-6-4-7-13-24,25-14-8-5-9-15-25)23-40-31(42)30-29(35)26(17-19-38-30)43-28-20-39-32(44-28)41-27-16-10-11-18-37-27/h4-20,36H,21-23H2,1-3H3,(H,40,42)(H,37,39,41). The van der Waals surface area contributed by atoms with E-state index in [1.165, 1.54) is 29.3 Å². The lowest BCUT2D eigenvalue weighted by atomic mass is 9.74. The van der Waals surface area contributed by atoms with Crippen molar-refractivity contribution < 1.29 is 9.18 Å². The molecule has 10 heteroatoms. The van der Waals surface area contributed by atoms with Crippen molar-refractivity contribution in [3.05, 3.63) is 126 Å². The first-order valence-corrected chi connectivity index (χ1v) is 15.9. The summed E-state index contributed by atoms with van der Waals surface area (Å²) in [6.07, 6.45) is 4.82. The number of aromatic nitrogens is 3. The highest BCUT2D eigenvalue weighted by atomic mass is 32.2. The highest BCUT2D eigenvalue weighted by Gasteiger charge is 2.35. The van der Waals surface area contributed by atoms with Crippen molar-refractivity contribution in [2.75, 3.05) is 25.0 Å². The van der Waals surface area contributed by atoms with Crippen molar-refractivity contribution in [3.63, 3.8) is 0 Å². The lowest BCUT2D eigenvalue weighted by Crippen LogP contribution is -2.49. The van der Waals surface area contributed by atoms with Crippen LogP contribution in [0.2, 0.25) is 0 Å². The minimum absolute atomic E-state index is 0.0703. The Balaban J connectivity index is 1.36. The first-order valence-electron chi connectivity index (χ1n) is 14.3. The molecule has 0 bridgehead atoms. The number of nitrogens with zero attached hydrogens (tertiary/aromatic N) is 3. The molecule has 0 atom stereocenters. The predicted molar refractivity (Wildman–Crippen MR) is 176 cm³/mol. The summed E-state index contributed by atoms with van der Waals surface area (Å²) in [7, 11) is 0. The van der Waals surface area contributed by atoms with Crippen LogP contribution in [0.25, 0.3) is 0 Å². The summed E-state index contributed by atoms with van der Waals surface area (Å²) in [6.45, 7) is 8.14. The van der Waals surface area contributed by atoms with E-state index in [-0.39, 0.29) is 17.7 Å². The third-order valence-electron chi connectivity index (χ3n) is 6.95. The molecular weight excluding hydrogens is 592 g/mol. The number of anilines is 2. The predicted octanol–water partition coefficient (Wildman–Crippen LogP) is 7.32. The van der Waals surface area contributed by atoms with Gasteiger partial charge in [0.05, 0.1) is 15.3 Å². The number of rotatable bonds is 12. The first kappa shape index (κ1) is 31.3. The Morgan fingerprint density at radius 2 is 1.50 bits per heavy atom. The van der Waals surface area contributed by atoms with Crippen molar-refractivity contribution in [2.24, 2.45) is 5.41 Å². The van der Waals surface area contributed by atoms with E-state index in [0.717, 1.165) is 21.9 Å². The fraction of sp³-hybridized carbons (Fsp3) is 0.235. The number of halogens is 1. The zero-order chi connectivity index (χ0) is 31.0. The summed E-state index contributed by atoms with van der Waals surface area (Å²) in [5.74, 6) is -0.569. The van der Waals surface area contributed by atoms with Crippen LogP contribution in [-0.4, -0.2) is 40.5 Å². The molecule has 0 aliphatic carbocycles. The molecule has 0 aliphatic heterocycles. The molecule has 5 rings (SSSR count). The number of carbonyl (C=O) groups is 1. The van der Waals surface area contributed by atoms with Crippen LogP contribution < -0.4 is 16.0 Å². The second-order valence-electron chi connectivity index (χ2n) is 11.6. The van der Waals surface area contributed by atoms with Gasteiger partial charge in [-0.1, -0.05) is 111 Å². The van der Waals surface area contributed by atoms with Crippen molar-refractivity contribution >= 4 is 40.0 Å². The maximum Gasteiger partial charge on any atom is 0.273 e. The van der Waals surface area contributed by atoms with Gasteiger partial charge in [-0.25, -0.2) is 19.3 Å². The summed E-state index contributed by atoms with van der Waals surface area (Å²) >= 11 is 2.57. The molecule has 44 heavy (non-hydrogen) atoms. The van der Waals surface area contributed by atoms with Crippen molar-refractivity contribution in [1.29, 1.82) is 0 Å². The van der Waals surface area contributed by atoms with E-state index in [0.29, 0.717) is 22.4 Å². The van der Waals surface area contributed by atoms with Crippen molar-refractivity contribution in [2.45, 2.75) is 35.3 Å². The average Bonchev–Trinajstić information content (AvgIpc) is 3.47. The summed E-state index contributed by atoms with van der Waals surface area (Å²) in [4.78, 5) is 26.6. The smallest absolute Gasteiger partial charge is 0.273 e. The Morgan fingerprint density at radius 1 is 0.818 bits per heavy atom. The molecule has 0 aliphatic rings. The van der Waals surface area contributed by atoms with Gasteiger partial charge in [-0.05, 0) is 34.7 Å². The number of nitrogens with one attached hydrogen (secondary N) is 3. The van der Waals surface area contributed by atoms with Crippen molar-refractivity contribution in [1.82, 2.24) is 25.6 Å². The van der Waals surface area contributed by atoms with Gasteiger partial charge in [0.2, 0.25) is 0 Å². The summed E-state index contributed by atoms with van der Waals surface area (Å²) in [6, 6.07) is 27.3. The van der Waals surface area contributed by atoms with E-state index in [4.69, 9.17) is 0 Å². The number of benzene rings is 2. The van der Waals surface area contributed by atoms with E-state index >= 15 is 4.39 Å². The summed E-state index contributed by atoms with van der Waals surface area (Å²) < 4.78 is 16.5. The van der Waals surface area contributed by atoms with E-state index in [9.17, 15) is 4.79 Å². The number of carbonyl (C=O) groups excluding carboxylic acids is 1. The van der Waals surface area contributed by atoms with Crippen LogP contribution in [0.3, 0.4) is 0 Å². The van der Waals surface area contributed by atoms with Crippen LogP contribution >= 0.6 is 23.1 Å². The zero-order valence-corrected chi connectivity index (χ0v) is 26.5. The van der Waals surface area contributed by atoms with Gasteiger partial charge in [0.15, 0.2) is 16.6 Å². The zero-order valence-electron chi connectivity index (χ0n) is 24.9. The molecule has 0 fully saturated rings. The summed E-state index contributed by atoms with van der Waals surface area (Å²) in [5, 5.41) is 10.4. The Kier molecular flexibility index (Phi) is 10.0. The van der Waals surface area contributed by atoms with Gasteiger partial charge in [-0.2, -0.15) is 0 Å². The van der Waals surface area contributed by atoms with Crippen LogP contribution in [0.15, 0.2) is 113 Å². The Bertz CT molecular complexity index is 1620. The van der Waals surface area contributed by atoms with Crippen molar-refractivity contribution in [3.8, 4) is 0 Å². The average molecular weight is 627 g/mol. The highest BCUT2D eigenvalue weighted by Crippen LogP contribution is 2.37. The quantitative estimate of drug-likeness (QED) is 0.134. The van der Waals surface area contributed by atoms with Gasteiger partial charge >= 0.3 is 0 Å². The van der Waals surface area contributed by atoms with Gasteiger partial charge in [0.1, 0.15) is 5.82 Å². The fourth-order valence-electron chi connectivity index (χ4n) is 4.80. The molecule has 0 radical (unpaired) electrons. The molecule has 2 aromatic carbocycles. The fourth-order valence-corrected chi connectivity index (χ4v) is 6.67. The van der Waals surface area contributed by atoms with E-state index < -0.39 is 17.1 Å². The van der Waals surface area contributed by atoms with Gasteiger partial charge in [-0.15, -0.1) is 0 Å². The van der Waals surface area contributed by atoms with Crippen LogP contribution in [0.4, 0.5) is 15.3 Å². The number of pyridine rings is 2. The van der Waals surface area contributed by atoms with E-state index in [1.807, 2.05) is 54.6 Å². The molecule has 3 aromatic heterocycles. The van der Waals surface area contributed by atoms with E-state index in [1.54, 1.807) is 18.5 Å². The molecule has 3 heterocycles. The second-order valence-corrected chi connectivity index (χ2v) is 13.9. The van der Waals surface area contributed by atoms with Gasteiger partial charge in [-0.3, -0.25) is 4.79 Å². The third-order valence-corrected chi connectivity index (χ3v) is 9.00. The van der Waals surface area contributed by atoms with Crippen LogP contribution in [0, 0.1) is 11.2 Å². The van der Waals surface area contributed by atoms with Crippen LogP contribution in [0.5, 0.6) is 0 Å². The lowest BCUT2D eigenvalue weighted by Gasteiger charge is -2.36. The van der Waals surface area contributed by atoms with Crippen LogP contribution in [0.1, 0.15) is 42.4 Å². The Morgan fingerprint density at radius 3 is 2.14 bits per heavy atom. The van der Waals surface area contributed by atoms with Crippen LogP contribution in [-0.2, 0) is 5.41 Å². The van der Waals surface area contributed by atoms with E-state index in [2.05, 4.69) is 75.9 Å². The minimum atomic E-state index is -0.668. The monoisotopic (exact) mass is 626 g/mol. The van der Waals surface area contributed by atoms with Gasteiger partial charge in [0.25, 0.3) is 5.91 Å². The number of hydrogen-bond donors (Lipinski definition) is 3. The molecule has 0 saturated carbocycles. The normalized spacial score (nSPS) is 11.7. The molecule has 3 N–H and O–H groups in total. The largest absolute Gasteiger partial charge is 0.349 e. The molecule has 7 nitrogen and oxygen atoms in total. The molecule has 1 amide bonds. The lowest BCUT2D eigenvalue weighted by molar-refractivity contribution is 0.0935. The number of hydrogen-bond acceptors (Lipinski definition) is 8.